The molecule has 0 fully saturated rings. The molecule has 0 amide bonds. The minimum Gasteiger partial charge on any atom is -0.497 e. The Hall–Kier alpha value is -2.13. The molecule has 3 heteroatoms. The van der Waals surface area contributed by atoms with Crippen molar-refractivity contribution in [3.63, 3.8) is 0 Å². The Labute approximate surface area is 116 Å². The number of aromatic nitrogens is 1. The van der Waals surface area contributed by atoms with Crippen LogP contribution in [-0.2, 0) is 0 Å². The molecule has 0 bridgehead atoms. The molecule has 0 aliphatic heterocycles. The number of methoxy groups -OCH3 is 1. The molecule has 0 radical (unpaired) electrons. The molecule has 0 saturated heterocycles. The molecule has 0 atom stereocenters. The topological polar surface area (TPSA) is 22.1 Å². The van der Waals surface area contributed by atoms with E-state index in [2.05, 4.69) is 17.1 Å². The molecule has 0 spiro atoms. The van der Waals surface area contributed by atoms with Gasteiger partial charge in [-0.2, -0.15) is 0 Å². The number of benzene rings is 2. The molecule has 0 saturated carbocycles. The molecule has 0 N–H and O–H groups in total. The summed E-state index contributed by atoms with van der Waals surface area (Å²) in [5, 5.41) is 1.03. The minimum absolute atomic E-state index is 0.872. The zero-order chi connectivity index (χ0) is 13.1. The number of ether oxygens (including phenoxy) is 1. The number of hydrogen-bond donors (Lipinski definition) is 0. The highest BCUT2D eigenvalue weighted by Gasteiger charge is 1.99. The number of hydrogen-bond acceptors (Lipinski definition) is 3. The summed E-state index contributed by atoms with van der Waals surface area (Å²) in [7, 11) is 1.67. The van der Waals surface area contributed by atoms with Crippen LogP contribution in [0.1, 0.15) is 10.6 Å². The van der Waals surface area contributed by atoms with Gasteiger partial charge in [0, 0.05) is 0 Å². The van der Waals surface area contributed by atoms with E-state index in [1.807, 2.05) is 48.5 Å². The summed E-state index contributed by atoms with van der Waals surface area (Å²) in [5.41, 5.74) is 2.20. The molecule has 2 aromatic carbocycles. The van der Waals surface area contributed by atoms with Crippen LogP contribution in [0.2, 0.25) is 0 Å². The van der Waals surface area contributed by atoms with Crippen LogP contribution in [0, 0.1) is 0 Å². The van der Waals surface area contributed by atoms with Crippen molar-refractivity contribution in [2.75, 3.05) is 7.11 Å². The fourth-order valence-corrected chi connectivity index (χ4v) is 2.71. The van der Waals surface area contributed by atoms with Crippen molar-refractivity contribution in [1.29, 1.82) is 0 Å². The molecular weight excluding hydrogens is 254 g/mol. The Morgan fingerprint density at radius 2 is 1.79 bits per heavy atom. The lowest BCUT2D eigenvalue weighted by atomic mass is 10.2. The molecule has 3 aromatic rings. The maximum absolute atomic E-state index is 5.14. The number of fused-ring (bicyclic) bond motifs is 1. The summed E-state index contributed by atoms with van der Waals surface area (Å²) in [6.45, 7) is 0. The van der Waals surface area contributed by atoms with Crippen molar-refractivity contribution in [2.24, 2.45) is 0 Å². The largest absolute Gasteiger partial charge is 0.497 e. The van der Waals surface area contributed by atoms with Gasteiger partial charge in [-0.15, -0.1) is 11.3 Å². The van der Waals surface area contributed by atoms with Crippen LogP contribution in [0.3, 0.4) is 0 Å². The maximum Gasteiger partial charge on any atom is 0.118 e. The number of nitrogens with zero attached hydrogens (tertiary/aromatic N) is 1. The average Bonchev–Trinajstić information content (AvgIpc) is 2.88. The van der Waals surface area contributed by atoms with Crippen LogP contribution in [0.4, 0.5) is 0 Å². The van der Waals surface area contributed by atoms with Crippen LogP contribution < -0.4 is 4.74 Å². The molecule has 3 rings (SSSR count). The van der Waals surface area contributed by atoms with Crippen molar-refractivity contribution in [3.05, 3.63) is 59.1 Å². The third-order valence-corrected chi connectivity index (χ3v) is 3.85. The standard InChI is InChI=1S/C16H13NOS/c1-18-13-9-6-12(7-10-13)8-11-16-17-14-4-2-3-5-15(14)19-16/h2-11H,1H3. The van der Waals surface area contributed by atoms with Crippen LogP contribution in [0.15, 0.2) is 48.5 Å². The smallest absolute Gasteiger partial charge is 0.118 e. The third kappa shape index (κ3) is 2.66. The van der Waals surface area contributed by atoms with Crippen molar-refractivity contribution < 1.29 is 4.74 Å². The molecule has 19 heavy (non-hydrogen) atoms. The highest BCUT2D eigenvalue weighted by atomic mass is 32.1. The number of rotatable bonds is 3. The zero-order valence-corrected chi connectivity index (χ0v) is 11.4. The van der Waals surface area contributed by atoms with Crippen molar-refractivity contribution >= 4 is 33.7 Å². The molecule has 0 aliphatic rings. The van der Waals surface area contributed by atoms with E-state index in [0.29, 0.717) is 0 Å². The highest BCUT2D eigenvalue weighted by molar-refractivity contribution is 7.19. The molecule has 1 aromatic heterocycles. The van der Waals surface area contributed by atoms with E-state index < -0.39 is 0 Å². The maximum atomic E-state index is 5.14. The van der Waals surface area contributed by atoms with Crippen molar-refractivity contribution in [3.8, 4) is 5.75 Å². The molecule has 0 unspecified atom stereocenters. The first-order chi connectivity index (χ1) is 9.35. The van der Waals surface area contributed by atoms with Crippen LogP contribution in [-0.4, -0.2) is 12.1 Å². The molecular formula is C16H13NOS. The molecule has 1 heterocycles. The summed E-state index contributed by atoms with van der Waals surface area (Å²) < 4.78 is 6.36. The Kier molecular flexibility index (Phi) is 3.29. The fourth-order valence-electron chi connectivity index (χ4n) is 1.84. The Morgan fingerprint density at radius 3 is 2.53 bits per heavy atom. The Bertz CT molecular complexity index is 680. The highest BCUT2D eigenvalue weighted by Crippen LogP contribution is 2.23. The van der Waals surface area contributed by atoms with E-state index in [0.717, 1.165) is 21.8 Å². The zero-order valence-electron chi connectivity index (χ0n) is 10.5. The predicted molar refractivity (Wildman–Crippen MR) is 81.5 cm³/mol. The van der Waals surface area contributed by atoms with Gasteiger partial charge >= 0.3 is 0 Å². The fraction of sp³-hybridized carbons (Fsp3) is 0.0625. The lowest BCUT2D eigenvalue weighted by Crippen LogP contribution is -1.81. The van der Waals surface area contributed by atoms with Gasteiger partial charge in [-0.05, 0) is 35.9 Å². The predicted octanol–water partition coefficient (Wildman–Crippen LogP) is 4.48. The van der Waals surface area contributed by atoms with E-state index in [1.54, 1.807) is 18.4 Å². The minimum atomic E-state index is 0.872. The summed E-state index contributed by atoms with van der Waals surface area (Å²) in [4.78, 5) is 4.57. The van der Waals surface area contributed by atoms with Crippen molar-refractivity contribution in [2.45, 2.75) is 0 Å². The summed E-state index contributed by atoms with van der Waals surface area (Å²) in [6, 6.07) is 16.2. The van der Waals surface area contributed by atoms with E-state index in [-0.39, 0.29) is 0 Å². The van der Waals surface area contributed by atoms with Gasteiger partial charge in [-0.1, -0.05) is 30.3 Å². The quantitative estimate of drug-likeness (QED) is 0.698. The van der Waals surface area contributed by atoms with E-state index in [4.69, 9.17) is 4.74 Å². The lowest BCUT2D eigenvalue weighted by Gasteiger charge is -1.98. The van der Waals surface area contributed by atoms with E-state index in [9.17, 15) is 0 Å². The van der Waals surface area contributed by atoms with Gasteiger partial charge in [0.05, 0.1) is 17.3 Å². The number of thiazole rings is 1. The first-order valence-corrected chi connectivity index (χ1v) is 6.84. The molecule has 2 nitrogen and oxygen atoms in total. The van der Waals surface area contributed by atoms with Gasteiger partial charge in [0.1, 0.15) is 10.8 Å². The Morgan fingerprint density at radius 1 is 1.00 bits per heavy atom. The summed E-state index contributed by atoms with van der Waals surface area (Å²) >= 11 is 1.70. The second-order valence-corrected chi connectivity index (χ2v) is 5.19. The second kappa shape index (κ2) is 5.24. The van der Waals surface area contributed by atoms with Gasteiger partial charge in [-0.3, -0.25) is 0 Å². The van der Waals surface area contributed by atoms with Gasteiger partial charge in [-0.25, -0.2) is 4.98 Å². The number of para-hydroxylation sites is 1. The van der Waals surface area contributed by atoms with Crippen LogP contribution in [0.25, 0.3) is 22.4 Å². The van der Waals surface area contributed by atoms with Crippen molar-refractivity contribution in [1.82, 2.24) is 4.98 Å². The van der Waals surface area contributed by atoms with Crippen LogP contribution >= 0.6 is 11.3 Å². The Balaban J connectivity index is 1.84. The SMILES string of the molecule is COc1ccc(C=Cc2nc3ccccc3s2)cc1. The molecule has 94 valence electrons. The monoisotopic (exact) mass is 267 g/mol. The van der Waals surface area contributed by atoms with E-state index >= 15 is 0 Å². The third-order valence-electron chi connectivity index (χ3n) is 2.84. The van der Waals surface area contributed by atoms with Gasteiger partial charge in [0.2, 0.25) is 0 Å². The average molecular weight is 267 g/mol. The van der Waals surface area contributed by atoms with E-state index in [1.165, 1.54) is 4.70 Å². The first-order valence-electron chi connectivity index (χ1n) is 6.03. The molecule has 0 aliphatic carbocycles. The van der Waals surface area contributed by atoms with Crippen LogP contribution in [0.5, 0.6) is 5.75 Å². The van der Waals surface area contributed by atoms with Gasteiger partial charge in [0.15, 0.2) is 0 Å². The summed E-state index contributed by atoms with van der Waals surface area (Å²) in [6.07, 6.45) is 4.11. The summed E-state index contributed by atoms with van der Waals surface area (Å²) in [5.74, 6) is 0.872. The lowest BCUT2D eigenvalue weighted by molar-refractivity contribution is 0.415. The van der Waals surface area contributed by atoms with Gasteiger partial charge in [0.25, 0.3) is 0 Å². The van der Waals surface area contributed by atoms with Gasteiger partial charge < -0.3 is 4.74 Å². The normalized spacial score (nSPS) is 11.2. The first kappa shape index (κ1) is 11.9. The second-order valence-electron chi connectivity index (χ2n) is 4.13.